The molecule has 4 aromatic rings. The lowest BCUT2D eigenvalue weighted by Crippen LogP contribution is -2.31. The summed E-state index contributed by atoms with van der Waals surface area (Å²) in [4.78, 5) is 31.6. The summed E-state index contributed by atoms with van der Waals surface area (Å²) in [6.45, 7) is 2.19. The Morgan fingerprint density at radius 1 is 0.923 bits per heavy atom. The van der Waals surface area contributed by atoms with Crippen LogP contribution >= 0.6 is 0 Å². The van der Waals surface area contributed by atoms with E-state index in [1.54, 1.807) is 37.4 Å². The van der Waals surface area contributed by atoms with Crippen LogP contribution in [0.3, 0.4) is 0 Å². The summed E-state index contributed by atoms with van der Waals surface area (Å²) in [5, 5.41) is 12.3. The summed E-state index contributed by atoms with van der Waals surface area (Å²) in [6.07, 6.45) is 2.38. The van der Waals surface area contributed by atoms with Crippen LogP contribution in [0.25, 0.3) is 16.7 Å². The van der Waals surface area contributed by atoms with Crippen molar-refractivity contribution in [2.75, 3.05) is 27.9 Å². The fourth-order valence-corrected chi connectivity index (χ4v) is 5.08. The predicted octanol–water partition coefficient (Wildman–Crippen LogP) is 5.17. The van der Waals surface area contributed by atoms with Crippen molar-refractivity contribution in [3.63, 3.8) is 0 Å². The van der Waals surface area contributed by atoms with Gasteiger partial charge in [-0.3, -0.25) is 9.59 Å². The van der Waals surface area contributed by atoms with E-state index in [1.807, 2.05) is 43.5 Å². The molecule has 8 heteroatoms. The standard InChI is InChI=1S/C31H30N2O6/c1-18-5-7-19(8-6-18)29(34)27-28(20-9-12-25(38-3)26(15-20)39-4)33(31(36)30(27)35)14-13-21-17-32-24-11-10-22(37-2)16-23(21)24/h5-12,15-17,28,32,34H,13-14H2,1-4H3/t28-/m1/s1. The van der Waals surface area contributed by atoms with Crippen LogP contribution in [0, 0.1) is 6.92 Å². The van der Waals surface area contributed by atoms with E-state index in [4.69, 9.17) is 14.2 Å². The highest BCUT2D eigenvalue weighted by Gasteiger charge is 2.46. The Kier molecular flexibility index (Phi) is 7.02. The molecule has 1 aliphatic heterocycles. The fraction of sp³-hybridized carbons (Fsp3) is 0.226. The van der Waals surface area contributed by atoms with Crippen molar-refractivity contribution in [2.24, 2.45) is 0 Å². The Balaban J connectivity index is 1.59. The van der Waals surface area contributed by atoms with E-state index in [-0.39, 0.29) is 17.9 Å². The van der Waals surface area contributed by atoms with Crippen LogP contribution in [0.1, 0.15) is 28.3 Å². The smallest absolute Gasteiger partial charge is 0.295 e. The SMILES string of the molecule is COc1ccc2[nH]cc(CCN3C(=O)C(=O)C(=C(O)c4ccc(C)cc4)[C@H]3c3ccc(OC)c(OC)c3)c2c1. The highest BCUT2D eigenvalue weighted by atomic mass is 16.5. The Morgan fingerprint density at radius 3 is 2.36 bits per heavy atom. The van der Waals surface area contributed by atoms with Crippen LogP contribution in [0.2, 0.25) is 0 Å². The molecule has 2 N–H and O–H groups in total. The number of carbonyl (C=O) groups is 2. The van der Waals surface area contributed by atoms with E-state index in [0.29, 0.717) is 29.0 Å². The van der Waals surface area contributed by atoms with Gasteiger partial charge in [0.1, 0.15) is 11.5 Å². The minimum absolute atomic E-state index is 0.0386. The van der Waals surface area contributed by atoms with Crippen LogP contribution in [0.15, 0.2) is 72.4 Å². The van der Waals surface area contributed by atoms with Gasteiger partial charge in [0.2, 0.25) is 0 Å². The number of hydrogen-bond acceptors (Lipinski definition) is 6. The number of H-pyrrole nitrogens is 1. The average Bonchev–Trinajstić information content (AvgIpc) is 3.48. The lowest BCUT2D eigenvalue weighted by atomic mass is 9.94. The normalized spacial score (nSPS) is 16.6. The zero-order chi connectivity index (χ0) is 27.7. The van der Waals surface area contributed by atoms with Crippen LogP contribution in [-0.4, -0.2) is 54.6 Å². The Morgan fingerprint density at radius 2 is 1.67 bits per heavy atom. The molecule has 5 rings (SSSR count). The first-order valence-corrected chi connectivity index (χ1v) is 12.6. The molecule has 8 nitrogen and oxygen atoms in total. The number of likely N-dealkylation sites (tertiary alicyclic amines) is 1. The van der Waals surface area contributed by atoms with E-state index in [1.165, 1.54) is 19.1 Å². The van der Waals surface area contributed by atoms with E-state index in [2.05, 4.69) is 4.98 Å². The van der Waals surface area contributed by atoms with Gasteiger partial charge in [-0.05, 0) is 54.8 Å². The number of methoxy groups -OCH3 is 3. The lowest BCUT2D eigenvalue weighted by Gasteiger charge is -2.26. The number of aliphatic hydroxyl groups is 1. The fourth-order valence-electron chi connectivity index (χ4n) is 5.08. The van der Waals surface area contributed by atoms with Crippen molar-refractivity contribution in [2.45, 2.75) is 19.4 Å². The molecular formula is C31H30N2O6. The number of carbonyl (C=O) groups excluding carboxylic acids is 2. The number of Topliss-reactive ketones (excluding diaryl/α,β-unsaturated/α-hetero) is 1. The first-order chi connectivity index (χ1) is 18.9. The number of benzene rings is 3. The second kappa shape index (κ2) is 10.6. The topological polar surface area (TPSA) is 101 Å². The van der Waals surface area contributed by atoms with Crippen molar-refractivity contribution < 1.29 is 28.9 Å². The van der Waals surface area contributed by atoms with Crippen molar-refractivity contribution >= 4 is 28.4 Å². The number of nitrogens with one attached hydrogen (secondary N) is 1. The molecule has 0 unspecified atom stereocenters. The van der Waals surface area contributed by atoms with Gasteiger partial charge in [-0.1, -0.05) is 35.9 Å². The second-order valence-corrected chi connectivity index (χ2v) is 9.45. The number of hydrogen-bond donors (Lipinski definition) is 2. The Bertz CT molecular complexity index is 1580. The number of rotatable bonds is 8. The van der Waals surface area contributed by atoms with E-state index >= 15 is 0 Å². The first-order valence-electron chi connectivity index (χ1n) is 12.6. The minimum Gasteiger partial charge on any atom is -0.507 e. The maximum atomic E-state index is 13.4. The maximum Gasteiger partial charge on any atom is 0.295 e. The molecule has 0 bridgehead atoms. The Hall–Kier alpha value is -4.72. The highest BCUT2D eigenvalue weighted by molar-refractivity contribution is 6.46. The molecule has 0 spiro atoms. The number of ether oxygens (including phenoxy) is 3. The molecule has 1 atom stereocenters. The average molecular weight is 527 g/mol. The molecule has 0 aliphatic carbocycles. The van der Waals surface area contributed by atoms with Crippen LogP contribution in [0.5, 0.6) is 17.2 Å². The number of ketones is 1. The molecule has 0 saturated carbocycles. The molecule has 1 aromatic heterocycles. The van der Waals surface area contributed by atoms with Crippen molar-refractivity contribution in [3.05, 3.63) is 94.7 Å². The first kappa shape index (κ1) is 25.9. The van der Waals surface area contributed by atoms with Crippen molar-refractivity contribution in [3.8, 4) is 17.2 Å². The van der Waals surface area contributed by atoms with Crippen LogP contribution in [0.4, 0.5) is 0 Å². The third kappa shape index (κ3) is 4.69. The zero-order valence-corrected chi connectivity index (χ0v) is 22.3. The van der Waals surface area contributed by atoms with Crippen LogP contribution in [-0.2, 0) is 16.0 Å². The third-order valence-electron chi connectivity index (χ3n) is 7.18. The van der Waals surface area contributed by atoms with E-state index < -0.39 is 17.7 Å². The minimum atomic E-state index is -0.814. The van der Waals surface area contributed by atoms with Gasteiger partial charge in [0.05, 0.1) is 32.9 Å². The molecule has 1 aliphatic rings. The van der Waals surface area contributed by atoms with Gasteiger partial charge in [-0.25, -0.2) is 0 Å². The number of fused-ring (bicyclic) bond motifs is 1. The molecule has 3 aromatic carbocycles. The lowest BCUT2D eigenvalue weighted by molar-refractivity contribution is -0.139. The van der Waals surface area contributed by atoms with Gasteiger partial charge in [0.25, 0.3) is 11.7 Å². The van der Waals surface area contributed by atoms with Crippen molar-refractivity contribution in [1.29, 1.82) is 0 Å². The number of aromatic amines is 1. The molecule has 1 fully saturated rings. The van der Waals surface area contributed by atoms with E-state index in [0.717, 1.165) is 27.8 Å². The second-order valence-electron chi connectivity index (χ2n) is 9.45. The molecule has 0 radical (unpaired) electrons. The molecule has 1 saturated heterocycles. The largest absolute Gasteiger partial charge is 0.507 e. The van der Waals surface area contributed by atoms with Gasteiger partial charge in [0, 0.05) is 29.2 Å². The summed E-state index contributed by atoms with van der Waals surface area (Å²) < 4.78 is 16.3. The summed E-state index contributed by atoms with van der Waals surface area (Å²) in [5.41, 5.74) is 4.07. The monoisotopic (exact) mass is 526 g/mol. The Labute approximate surface area is 226 Å². The van der Waals surface area contributed by atoms with Crippen molar-refractivity contribution in [1.82, 2.24) is 9.88 Å². The van der Waals surface area contributed by atoms with Gasteiger partial charge in [-0.2, -0.15) is 0 Å². The number of aryl methyl sites for hydroxylation is 1. The van der Waals surface area contributed by atoms with Gasteiger partial charge in [-0.15, -0.1) is 0 Å². The summed E-state index contributed by atoms with van der Waals surface area (Å²) >= 11 is 0. The zero-order valence-electron chi connectivity index (χ0n) is 22.3. The highest BCUT2D eigenvalue weighted by Crippen LogP contribution is 2.42. The molecule has 39 heavy (non-hydrogen) atoms. The molecule has 1 amide bonds. The molecule has 200 valence electrons. The van der Waals surface area contributed by atoms with Gasteiger partial charge < -0.3 is 29.2 Å². The third-order valence-corrected chi connectivity index (χ3v) is 7.18. The predicted molar refractivity (Wildman–Crippen MR) is 148 cm³/mol. The van der Waals surface area contributed by atoms with Gasteiger partial charge >= 0.3 is 0 Å². The number of aromatic nitrogens is 1. The maximum absolute atomic E-state index is 13.4. The van der Waals surface area contributed by atoms with E-state index in [9.17, 15) is 14.7 Å². The number of amides is 1. The molecular weight excluding hydrogens is 496 g/mol. The number of nitrogens with zero attached hydrogens (tertiary/aromatic N) is 1. The number of aliphatic hydroxyl groups excluding tert-OH is 1. The van der Waals surface area contributed by atoms with Gasteiger partial charge in [0.15, 0.2) is 11.5 Å². The molecule has 2 heterocycles. The summed E-state index contributed by atoms with van der Waals surface area (Å²) in [7, 11) is 4.68. The summed E-state index contributed by atoms with van der Waals surface area (Å²) in [5.74, 6) is 0.0955. The van der Waals surface area contributed by atoms with Crippen LogP contribution < -0.4 is 14.2 Å². The quantitative estimate of drug-likeness (QED) is 0.187. The summed E-state index contributed by atoms with van der Waals surface area (Å²) in [6, 6.07) is 17.4.